The Balaban J connectivity index is 1.60. The van der Waals surface area contributed by atoms with Gasteiger partial charge < -0.3 is 0 Å². The summed E-state index contributed by atoms with van der Waals surface area (Å²) in [4.78, 5) is 17.4. The summed E-state index contributed by atoms with van der Waals surface area (Å²) >= 11 is 1.43. The number of amides is 1. The molecule has 2 aromatic heterocycles. The van der Waals surface area contributed by atoms with Crippen molar-refractivity contribution in [3.05, 3.63) is 77.2 Å². The molecule has 7 heteroatoms. The first kappa shape index (κ1) is 16.7. The topological polar surface area (TPSA) is 83.1 Å². The average molecular weight is 371 g/mol. The molecule has 0 bridgehead atoms. The summed E-state index contributed by atoms with van der Waals surface area (Å²) in [6.07, 6.45) is 1.53. The summed E-state index contributed by atoms with van der Waals surface area (Å²) in [5.74, 6) is -0.376. The van der Waals surface area contributed by atoms with Crippen LogP contribution in [0, 0.1) is 11.3 Å². The fourth-order valence-corrected chi connectivity index (χ4v) is 3.41. The van der Waals surface area contributed by atoms with Crippen molar-refractivity contribution in [3.63, 3.8) is 0 Å². The molecular formula is C20H13N5OS. The van der Waals surface area contributed by atoms with Gasteiger partial charge in [0.05, 0.1) is 5.69 Å². The number of nitrogens with one attached hydrogen (secondary N) is 1. The number of nitriles is 1. The molecule has 0 fully saturated rings. The van der Waals surface area contributed by atoms with Gasteiger partial charge >= 0.3 is 0 Å². The summed E-state index contributed by atoms with van der Waals surface area (Å²) in [5.41, 5.74) is 2.66. The van der Waals surface area contributed by atoms with Crippen molar-refractivity contribution in [1.29, 1.82) is 5.26 Å². The van der Waals surface area contributed by atoms with E-state index < -0.39 is 5.91 Å². The highest BCUT2D eigenvalue weighted by Crippen LogP contribution is 2.25. The molecule has 1 amide bonds. The third-order valence-electron chi connectivity index (χ3n) is 3.85. The standard InChI is InChI=1S/C20H13N5OS/c21-12-16(11-14-7-3-1-4-8-14)18(26)22-19-23-20-25(24-19)17(13-27-20)15-9-5-2-6-10-15/h1-11,13H,(H,22,24,26)/b16-11+. The molecule has 130 valence electrons. The molecule has 2 heterocycles. The van der Waals surface area contributed by atoms with Gasteiger partial charge in [-0.15, -0.1) is 16.4 Å². The van der Waals surface area contributed by atoms with Gasteiger partial charge in [0.2, 0.25) is 4.96 Å². The minimum Gasteiger partial charge on any atom is -0.288 e. The average Bonchev–Trinajstić information content (AvgIpc) is 3.27. The molecule has 0 atom stereocenters. The molecule has 1 N–H and O–H groups in total. The van der Waals surface area contributed by atoms with Gasteiger partial charge in [-0.25, -0.2) is 4.52 Å². The number of benzene rings is 2. The van der Waals surface area contributed by atoms with Crippen molar-refractivity contribution in [2.75, 3.05) is 5.32 Å². The zero-order valence-corrected chi connectivity index (χ0v) is 14.9. The Morgan fingerprint density at radius 3 is 2.52 bits per heavy atom. The molecule has 0 radical (unpaired) electrons. The lowest BCUT2D eigenvalue weighted by molar-refractivity contribution is -0.112. The van der Waals surface area contributed by atoms with Crippen LogP contribution >= 0.6 is 11.3 Å². The number of anilines is 1. The lowest BCUT2D eigenvalue weighted by atomic mass is 10.1. The molecule has 0 aliphatic carbocycles. The maximum Gasteiger partial charge on any atom is 0.268 e. The SMILES string of the molecule is N#C/C(=C\c1ccccc1)C(=O)Nc1nc2scc(-c3ccccc3)n2n1. The van der Waals surface area contributed by atoms with Gasteiger partial charge in [0, 0.05) is 10.9 Å². The molecule has 0 unspecified atom stereocenters. The molecule has 0 spiro atoms. The van der Waals surface area contributed by atoms with Gasteiger partial charge in [-0.05, 0) is 11.6 Å². The van der Waals surface area contributed by atoms with Crippen molar-refractivity contribution in [3.8, 4) is 17.3 Å². The lowest BCUT2D eigenvalue weighted by Crippen LogP contribution is -2.14. The largest absolute Gasteiger partial charge is 0.288 e. The van der Waals surface area contributed by atoms with Crippen molar-refractivity contribution >= 4 is 34.2 Å². The number of aromatic nitrogens is 3. The number of carbonyl (C=O) groups excluding carboxylic acids is 1. The van der Waals surface area contributed by atoms with Crippen molar-refractivity contribution in [2.24, 2.45) is 0 Å². The van der Waals surface area contributed by atoms with Crippen LogP contribution in [-0.2, 0) is 4.79 Å². The zero-order valence-electron chi connectivity index (χ0n) is 14.0. The Morgan fingerprint density at radius 2 is 1.81 bits per heavy atom. The minimum absolute atomic E-state index is 0.0114. The molecular weight excluding hydrogens is 358 g/mol. The molecule has 4 rings (SSSR count). The summed E-state index contributed by atoms with van der Waals surface area (Å²) in [6.45, 7) is 0. The van der Waals surface area contributed by atoms with E-state index >= 15 is 0 Å². The predicted molar refractivity (Wildman–Crippen MR) is 105 cm³/mol. The van der Waals surface area contributed by atoms with Gasteiger partial charge in [-0.3, -0.25) is 10.1 Å². The van der Waals surface area contributed by atoms with E-state index in [1.165, 1.54) is 17.4 Å². The molecule has 0 saturated heterocycles. The summed E-state index contributed by atoms with van der Waals surface area (Å²) in [6, 6.07) is 20.9. The number of nitrogens with zero attached hydrogens (tertiary/aromatic N) is 4. The first-order valence-corrected chi connectivity index (χ1v) is 9.00. The second kappa shape index (κ2) is 7.23. The fourth-order valence-electron chi connectivity index (χ4n) is 2.58. The molecule has 27 heavy (non-hydrogen) atoms. The van der Waals surface area contributed by atoms with Crippen molar-refractivity contribution in [1.82, 2.24) is 14.6 Å². The van der Waals surface area contributed by atoms with Crippen LogP contribution in [0.4, 0.5) is 5.95 Å². The van der Waals surface area contributed by atoms with Crippen LogP contribution < -0.4 is 5.32 Å². The highest BCUT2D eigenvalue weighted by atomic mass is 32.1. The maximum absolute atomic E-state index is 12.4. The van der Waals surface area contributed by atoms with E-state index in [0.717, 1.165) is 16.8 Å². The van der Waals surface area contributed by atoms with Crippen LogP contribution in [0.15, 0.2) is 71.6 Å². The normalized spacial score (nSPS) is 11.3. The first-order valence-electron chi connectivity index (χ1n) is 8.12. The van der Waals surface area contributed by atoms with Crippen LogP contribution in [-0.4, -0.2) is 20.5 Å². The van der Waals surface area contributed by atoms with Gasteiger partial charge in [-0.2, -0.15) is 10.2 Å². The maximum atomic E-state index is 12.4. The second-order valence-electron chi connectivity index (χ2n) is 5.65. The van der Waals surface area contributed by atoms with E-state index in [9.17, 15) is 10.1 Å². The zero-order chi connectivity index (χ0) is 18.6. The van der Waals surface area contributed by atoms with Gasteiger partial charge in [0.1, 0.15) is 11.6 Å². The molecule has 0 saturated carbocycles. The number of fused-ring (bicyclic) bond motifs is 1. The van der Waals surface area contributed by atoms with Crippen molar-refractivity contribution < 1.29 is 4.79 Å². The van der Waals surface area contributed by atoms with Crippen LogP contribution in [0.1, 0.15) is 5.56 Å². The highest BCUT2D eigenvalue weighted by molar-refractivity contribution is 7.15. The molecule has 2 aromatic carbocycles. The van der Waals surface area contributed by atoms with E-state index in [4.69, 9.17) is 0 Å². The molecule has 6 nitrogen and oxygen atoms in total. The number of thiazole rings is 1. The van der Waals surface area contributed by atoms with Crippen LogP contribution in [0.5, 0.6) is 0 Å². The molecule has 0 aliphatic rings. The highest BCUT2D eigenvalue weighted by Gasteiger charge is 2.15. The quantitative estimate of drug-likeness (QED) is 0.434. The Labute approximate surface area is 159 Å². The van der Waals surface area contributed by atoms with E-state index in [1.54, 1.807) is 4.52 Å². The van der Waals surface area contributed by atoms with Gasteiger partial charge in [0.15, 0.2) is 0 Å². The second-order valence-corrected chi connectivity index (χ2v) is 6.49. The van der Waals surface area contributed by atoms with E-state index in [1.807, 2.05) is 72.1 Å². The van der Waals surface area contributed by atoms with Crippen LogP contribution in [0.3, 0.4) is 0 Å². The molecule has 4 aromatic rings. The third-order valence-corrected chi connectivity index (χ3v) is 4.67. The lowest BCUT2D eigenvalue weighted by Gasteiger charge is -2.00. The predicted octanol–water partition coefficient (Wildman–Crippen LogP) is 4.00. The Bertz CT molecular complexity index is 1170. The summed E-state index contributed by atoms with van der Waals surface area (Å²) < 4.78 is 1.68. The van der Waals surface area contributed by atoms with E-state index in [0.29, 0.717) is 4.96 Å². The monoisotopic (exact) mass is 371 g/mol. The molecule has 0 aliphatic heterocycles. The number of carbonyl (C=O) groups is 1. The van der Waals surface area contributed by atoms with E-state index in [-0.39, 0.29) is 11.5 Å². The Hall–Kier alpha value is -3.76. The number of rotatable bonds is 4. The van der Waals surface area contributed by atoms with E-state index in [2.05, 4.69) is 15.4 Å². The smallest absolute Gasteiger partial charge is 0.268 e. The van der Waals surface area contributed by atoms with Gasteiger partial charge in [-0.1, -0.05) is 60.7 Å². The van der Waals surface area contributed by atoms with Gasteiger partial charge in [0.25, 0.3) is 11.9 Å². The Morgan fingerprint density at radius 1 is 1.11 bits per heavy atom. The first-order chi connectivity index (χ1) is 13.2. The summed E-state index contributed by atoms with van der Waals surface area (Å²) in [5, 5.41) is 18.2. The van der Waals surface area contributed by atoms with Crippen molar-refractivity contribution in [2.45, 2.75) is 0 Å². The fraction of sp³-hybridized carbons (Fsp3) is 0. The number of hydrogen-bond donors (Lipinski definition) is 1. The Kier molecular flexibility index (Phi) is 4.47. The number of hydrogen-bond acceptors (Lipinski definition) is 5. The third kappa shape index (κ3) is 3.47. The van der Waals surface area contributed by atoms with Crippen LogP contribution in [0.2, 0.25) is 0 Å². The summed E-state index contributed by atoms with van der Waals surface area (Å²) in [7, 11) is 0. The minimum atomic E-state index is -0.541. The van der Waals surface area contributed by atoms with Crippen LogP contribution in [0.25, 0.3) is 22.3 Å².